The molecule has 0 amide bonds. The first-order chi connectivity index (χ1) is 6.24. The van der Waals surface area contributed by atoms with Crippen molar-refractivity contribution in [2.75, 3.05) is 12.8 Å². The average Bonchev–Trinajstić information content (AvgIpc) is 2.43. The van der Waals surface area contributed by atoms with Gasteiger partial charge in [-0.2, -0.15) is 0 Å². The molecule has 0 radical (unpaired) electrons. The van der Waals surface area contributed by atoms with Crippen molar-refractivity contribution in [3.8, 4) is 5.75 Å². The molecule has 0 bridgehead atoms. The summed E-state index contributed by atoms with van der Waals surface area (Å²) in [5.41, 5.74) is 7.66. The molecule has 3 nitrogen and oxygen atoms in total. The molecular formula is C10H12N2O. The number of fused-ring (bicyclic) bond motifs is 1. The Morgan fingerprint density at radius 3 is 2.85 bits per heavy atom. The van der Waals surface area contributed by atoms with Gasteiger partial charge in [-0.3, -0.25) is 0 Å². The number of methoxy groups -OCH3 is 1. The lowest BCUT2D eigenvalue weighted by molar-refractivity contribution is 0.418. The summed E-state index contributed by atoms with van der Waals surface area (Å²) in [5, 5.41) is 1.04. The van der Waals surface area contributed by atoms with Crippen molar-refractivity contribution in [1.29, 1.82) is 0 Å². The number of ether oxygens (including phenoxy) is 1. The highest BCUT2D eigenvalue weighted by molar-refractivity contribution is 5.95. The van der Waals surface area contributed by atoms with Gasteiger partial charge < -0.3 is 15.0 Å². The fraction of sp³-hybridized carbons (Fsp3) is 0.200. The number of aryl methyl sites for hydroxylation is 1. The van der Waals surface area contributed by atoms with Gasteiger partial charge in [0.1, 0.15) is 5.75 Å². The maximum Gasteiger partial charge on any atom is 0.143 e. The molecule has 0 spiro atoms. The lowest BCUT2D eigenvalue weighted by atomic mass is 10.2. The average molecular weight is 176 g/mol. The van der Waals surface area contributed by atoms with Crippen LogP contribution in [0.1, 0.15) is 0 Å². The number of anilines is 1. The van der Waals surface area contributed by atoms with E-state index in [-0.39, 0.29) is 0 Å². The number of nitrogens with zero attached hydrogens (tertiary/aromatic N) is 1. The summed E-state index contributed by atoms with van der Waals surface area (Å²) in [7, 11) is 3.62. The van der Waals surface area contributed by atoms with Crippen molar-refractivity contribution in [1.82, 2.24) is 4.57 Å². The van der Waals surface area contributed by atoms with Gasteiger partial charge in [-0.1, -0.05) is 12.1 Å². The lowest BCUT2D eigenvalue weighted by Crippen LogP contribution is -1.89. The number of para-hydroxylation sites is 1. The van der Waals surface area contributed by atoms with Crippen molar-refractivity contribution < 1.29 is 4.74 Å². The lowest BCUT2D eigenvalue weighted by Gasteiger charge is -2.03. The molecule has 2 rings (SSSR count). The SMILES string of the molecule is COc1cccc2c(N)cn(C)c12. The Hall–Kier alpha value is -1.64. The van der Waals surface area contributed by atoms with Gasteiger partial charge in [-0.25, -0.2) is 0 Å². The summed E-state index contributed by atoms with van der Waals surface area (Å²) < 4.78 is 7.22. The van der Waals surface area contributed by atoms with Gasteiger partial charge in [0.2, 0.25) is 0 Å². The molecule has 0 aliphatic heterocycles. The minimum absolute atomic E-state index is 0.788. The number of benzene rings is 1. The van der Waals surface area contributed by atoms with Crippen LogP contribution in [0.25, 0.3) is 10.9 Å². The summed E-state index contributed by atoms with van der Waals surface area (Å²) >= 11 is 0. The fourth-order valence-electron chi connectivity index (χ4n) is 1.63. The third-order valence-electron chi connectivity index (χ3n) is 2.22. The van der Waals surface area contributed by atoms with E-state index in [0.717, 1.165) is 22.3 Å². The van der Waals surface area contributed by atoms with Gasteiger partial charge in [0.05, 0.1) is 18.3 Å². The molecule has 0 fully saturated rings. The van der Waals surface area contributed by atoms with Crippen LogP contribution in [0.4, 0.5) is 5.69 Å². The number of hydrogen-bond acceptors (Lipinski definition) is 2. The third kappa shape index (κ3) is 1.04. The smallest absolute Gasteiger partial charge is 0.143 e. The van der Waals surface area contributed by atoms with Crippen molar-refractivity contribution in [3.05, 3.63) is 24.4 Å². The van der Waals surface area contributed by atoms with Gasteiger partial charge in [0.15, 0.2) is 0 Å². The Morgan fingerprint density at radius 1 is 1.38 bits per heavy atom. The molecular weight excluding hydrogens is 164 g/mol. The molecule has 0 aliphatic rings. The second kappa shape index (κ2) is 2.69. The standard InChI is InChI=1S/C10H12N2O/c1-12-6-8(11)7-4-3-5-9(13-2)10(7)12/h3-6H,11H2,1-2H3. The Morgan fingerprint density at radius 2 is 2.15 bits per heavy atom. The van der Waals surface area contributed by atoms with Gasteiger partial charge in [-0.15, -0.1) is 0 Å². The number of nitrogen functional groups attached to an aromatic ring is 1. The number of aromatic nitrogens is 1. The van der Waals surface area contributed by atoms with E-state index in [1.165, 1.54) is 0 Å². The molecule has 68 valence electrons. The van der Waals surface area contributed by atoms with Crippen molar-refractivity contribution >= 4 is 16.6 Å². The Bertz CT molecular complexity index is 445. The molecule has 2 aromatic rings. The summed E-state index contributed by atoms with van der Waals surface area (Å²) in [6.45, 7) is 0. The summed E-state index contributed by atoms with van der Waals surface area (Å²) in [5.74, 6) is 0.858. The first kappa shape index (κ1) is 7.98. The van der Waals surface area contributed by atoms with E-state index in [4.69, 9.17) is 10.5 Å². The highest BCUT2D eigenvalue weighted by atomic mass is 16.5. The maximum absolute atomic E-state index is 5.82. The van der Waals surface area contributed by atoms with E-state index < -0.39 is 0 Å². The zero-order valence-electron chi connectivity index (χ0n) is 7.74. The number of hydrogen-bond donors (Lipinski definition) is 1. The summed E-state index contributed by atoms with van der Waals surface area (Å²) in [4.78, 5) is 0. The zero-order valence-corrected chi connectivity index (χ0v) is 7.74. The van der Waals surface area contributed by atoms with Crippen LogP contribution in [-0.2, 0) is 7.05 Å². The molecule has 0 unspecified atom stereocenters. The van der Waals surface area contributed by atoms with E-state index >= 15 is 0 Å². The monoisotopic (exact) mass is 176 g/mol. The maximum atomic E-state index is 5.82. The van der Waals surface area contributed by atoms with Crippen LogP contribution in [0, 0.1) is 0 Å². The van der Waals surface area contributed by atoms with Gasteiger partial charge in [0.25, 0.3) is 0 Å². The summed E-state index contributed by atoms with van der Waals surface area (Å²) in [6, 6.07) is 5.87. The Balaban J connectivity index is 2.88. The number of nitrogens with two attached hydrogens (primary N) is 1. The topological polar surface area (TPSA) is 40.2 Å². The predicted molar refractivity (Wildman–Crippen MR) is 53.9 cm³/mol. The Kier molecular flexibility index (Phi) is 1.65. The minimum atomic E-state index is 0.788. The van der Waals surface area contributed by atoms with E-state index in [1.807, 2.05) is 36.0 Å². The molecule has 0 aliphatic carbocycles. The molecule has 0 saturated heterocycles. The molecule has 0 saturated carbocycles. The van der Waals surface area contributed by atoms with Crippen LogP contribution in [0.3, 0.4) is 0 Å². The van der Waals surface area contributed by atoms with Crippen molar-refractivity contribution in [3.63, 3.8) is 0 Å². The highest BCUT2D eigenvalue weighted by Gasteiger charge is 2.07. The molecule has 1 aromatic heterocycles. The minimum Gasteiger partial charge on any atom is -0.495 e. The molecule has 0 atom stereocenters. The largest absolute Gasteiger partial charge is 0.495 e. The molecule has 3 heteroatoms. The normalized spacial score (nSPS) is 10.6. The number of rotatable bonds is 1. The van der Waals surface area contributed by atoms with E-state index in [1.54, 1.807) is 7.11 Å². The van der Waals surface area contributed by atoms with Crippen LogP contribution in [-0.4, -0.2) is 11.7 Å². The van der Waals surface area contributed by atoms with Gasteiger partial charge >= 0.3 is 0 Å². The van der Waals surface area contributed by atoms with Gasteiger partial charge in [0, 0.05) is 18.6 Å². The molecule has 1 aromatic carbocycles. The van der Waals surface area contributed by atoms with E-state index in [9.17, 15) is 0 Å². The fourth-order valence-corrected chi connectivity index (χ4v) is 1.63. The first-order valence-electron chi connectivity index (χ1n) is 4.11. The van der Waals surface area contributed by atoms with Crippen molar-refractivity contribution in [2.45, 2.75) is 0 Å². The third-order valence-corrected chi connectivity index (χ3v) is 2.22. The predicted octanol–water partition coefficient (Wildman–Crippen LogP) is 1.77. The Labute approximate surface area is 76.7 Å². The van der Waals surface area contributed by atoms with E-state index in [0.29, 0.717) is 0 Å². The van der Waals surface area contributed by atoms with Crippen LogP contribution in [0.2, 0.25) is 0 Å². The van der Waals surface area contributed by atoms with Crippen LogP contribution >= 0.6 is 0 Å². The molecule has 1 heterocycles. The van der Waals surface area contributed by atoms with Crippen molar-refractivity contribution in [2.24, 2.45) is 7.05 Å². The van der Waals surface area contributed by atoms with Gasteiger partial charge in [-0.05, 0) is 6.07 Å². The van der Waals surface area contributed by atoms with Crippen LogP contribution in [0.15, 0.2) is 24.4 Å². The second-order valence-electron chi connectivity index (χ2n) is 3.05. The zero-order chi connectivity index (χ0) is 9.42. The first-order valence-corrected chi connectivity index (χ1v) is 4.11. The molecule has 2 N–H and O–H groups in total. The van der Waals surface area contributed by atoms with Crippen LogP contribution < -0.4 is 10.5 Å². The molecule has 13 heavy (non-hydrogen) atoms. The summed E-state index contributed by atoms with van der Waals surface area (Å²) in [6.07, 6.45) is 1.90. The second-order valence-corrected chi connectivity index (χ2v) is 3.05. The quantitative estimate of drug-likeness (QED) is 0.719. The van der Waals surface area contributed by atoms with Crippen LogP contribution in [0.5, 0.6) is 5.75 Å². The highest BCUT2D eigenvalue weighted by Crippen LogP contribution is 2.29. The van der Waals surface area contributed by atoms with E-state index in [2.05, 4.69) is 0 Å².